The largest absolute Gasteiger partial charge is 0.333 e. The second kappa shape index (κ2) is 7.00. The summed E-state index contributed by atoms with van der Waals surface area (Å²) in [6, 6.07) is 1.26. The predicted octanol–water partition coefficient (Wildman–Crippen LogP) is 1.91. The highest BCUT2D eigenvalue weighted by atomic mass is 32.2. The van der Waals surface area contributed by atoms with Crippen molar-refractivity contribution in [2.75, 3.05) is 18.6 Å². The number of rotatable bonds is 5. The Labute approximate surface area is 130 Å². The zero-order chi connectivity index (χ0) is 17.0. The van der Waals surface area contributed by atoms with Crippen LogP contribution in [0, 0.1) is 5.82 Å². The lowest BCUT2D eigenvalue weighted by molar-refractivity contribution is -0.130. The van der Waals surface area contributed by atoms with E-state index in [-0.39, 0.29) is 18.2 Å². The molecule has 0 saturated carbocycles. The van der Waals surface area contributed by atoms with Crippen LogP contribution in [0.2, 0.25) is 0 Å². The Morgan fingerprint density at radius 3 is 2.50 bits per heavy atom. The van der Waals surface area contributed by atoms with Crippen molar-refractivity contribution < 1.29 is 17.6 Å². The molecule has 0 aromatic carbocycles. The van der Waals surface area contributed by atoms with E-state index in [1.165, 1.54) is 29.3 Å². The van der Waals surface area contributed by atoms with Crippen LogP contribution < -0.4 is 0 Å². The Bertz CT molecular complexity index is 664. The van der Waals surface area contributed by atoms with Gasteiger partial charge in [0, 0.05) is 30.6 Å². The highest BCUT2D eigenvalue weighted by Crippen LogP contribution is 2.15. The number of halogens is 1. The van der Waals surface area contributed by atoms with Gasteiger partial charge in [-0.1, -0.05) is 0 Å². The second-order valence-corrected chi connectivity index (χ2v) is 8.32. The summed E-state index contributed by atoms with van der Waals surface area (Å²) in [7, 11) is -3.16. The van der Waals surface area contributed by atoms with Gasteiger partial charge in [0.25, 0.3) is 0 Å². The van der Waals surface area contributed by atoms with Gasteiger partial charge in [0.1, 0.15) is 15.7 Å². The van der Waals surface area contributed by atoms with Crippen molar-refractivity contribution in [1.29, 1.82) is 0 Å². The van der Waals surface area contributed by atoms with Crippen LogP contribution in [-0.2, 0) is 14.6 Å². The number of aromatic nitrogens is 1. The van der Waals surface area contributed by atoms with Gasteiger partial charge in [0.15, 0.2) is 0 Å². The highest BCUT2D eigenvalue weighted by molar-refractivity contribution is 7.90. The lowest BCUT2D eigenvalue weighted by Gasteiger charge is -2.34. The molecule has 0 aliphatic rings. The molecule has 0 aliphatic heterocycles. The monoisotopic (exact) mass is 328 g/mol. The molecule has 0 N–H and O–H groups in total. The molecule has 7 heteroatoms. The molecule has 0 spiro atoms. The van der Waals surface area contributed by atoms with Crippen molar-refractivity contribution in [1.82, 2.24) is 9.88 Å². The van der Waals surface area contributed by atoms with E-state index in [2.05, 4.69) is 4.98 Å². The molecule has 1 rings (SSSR count). The quantitative estimate of drug-likeness (QED) is 0.774. The first-order valence-electron chi connectivity index (χ1n) is 6.77. The number of hydrogen-bond acceptors (Lipinski definition) is 4. The van der Waals surface area contributed by atoms with E-state index < -0.39 is 21.2 Å². The first kappa shape index (κ1) is 18.3. The van der Waals surface area contributed by atoms with Crippen molar-refractivity contribution in [2.45, 2.75) is 26.3 Å². The van der Waals surface area contributed by atoms with Crippen molar-refractivity contribution in [3.8, 4) is 0 Å². The lowest BCUT2D eigenvalue weighted by Crippen LogP contribution is -2.47. The van der Waals surface area contributed by atoms with E-state index in [1.807, 2.05) is 20.8 Å². The zero-order valence-electron chi connectivity index (χ0n) is 13.2. The molecule has 22 heavy (non-hydrogen) atoms. The van der Waals surface area contributed by atoms with Crippen LogP contribution in [0.4, 0.5) is 4.39 Å². The van der Waals surface area contributed by atoms with Crippen LogP contribution in [0.3, 0.4) is 0 Å². The minimum Gasteiger partial charge on any atom is -0.333 e. The molecule has 1 aromatic heterocycles. The molecule has 0 unspecified atom stereocenters. The van der Waals surface area contributed by atoms with E-state index in [1.54, 1.807) is 0 Å². The van der Waals surface area contributed by atoms with Crippen LogP contribution in [0.5, 0.6) is 0 Å². The molecule has 0 atom stereocenters. The fourth-order valence-corrected chi connectivity index (χ4v) is 2.32. The maximum Gasteiger partial charge on any atom is 0.247 e. The zero-order valence-corrected chi connectivity index (χ0v) is 14.0. The normalized spacial score (nSPS) is 12.6. The molecular weight excluding hydrogens is 307 g/mol. The summed E-state index contributed by atoms with van der Waals surface area (Å²) in [4.78, 5) is 17.5. The van der Waals surface area contributed by atoms with E-state index in [4.69, 9.17) is 0 Å². The summed E-state index contributed by atoms with van der Waals surface area (Å²) in [6.07, 6.45) is 6.39. The Morgan fingerprint density at radius 2 is 2.00 bits per heavy atom. The molecule has 1 heterocycles. The summed E-state index contributed by atoms with van der Waals surface area (Å²) in [5.74, 6) is -0.925. The SMILES string of the molecule is CC(C)(C)N(CCS(C)(=O)=O)C(=O)C=Cc1cncc(F)c1. The van der Waals surface area contributed by atoms with Crippen LogP contribution >= 0.6 is 0 Å². The molecule has 0 fully saturated rings. The second-order valence-electron chi connectivity index (χ2n) is 6.06. The van der Waals surface area contributed by atoms with E-state index in [0.717, 1.165) is 12.5 Å². The van der Waals surface area contributed by atoms with Crippen LogP contribution in [0.25, 0.3) is 6.08 Å². The van der Waals surface area contributed by atoms with Gasteiger partial charge in [-0.3, -0.25) is 9.78 Å². The first-order chi connectivity index (χ1) is 9.99. The molecule has 122 valence electrons. The topological polar surface area (TPSA) is 67.3 Å². The number of pyridine rings is 1. The summed E-state index contributed by atoms with van der Waals surface area (Å²) in [5.41, 5.74) is -0.0583. The molecule has 0 bridgehead atoms. The molecular formula is C15H21FN2O3S. The fourth-order valence-electron chi connectivity index (χ4n) is 1.81. The lowest BCUT2D eigenvalue weighted by atomic mass is 10.1. The number of sulfone groups is 1. The number of hydrogen-bond donors (Lipinski definition) is 0. The maximum atomic E-state index is 13.0. The third-order valence-corrected chi connectivity index (χ3v) is 3.83. The van der Waals surface area contributed by atoms with Crippen LogP contribution in [0.1, 0.15) is 26.3 Å². The average Bonchev–Trinajstić information content (AvgIpc) is 2.33. The molecule has 0 saturated heterocycles. The molecule has 5 nitrogen and oxygen atoms in total. The standard InChI is InChI=1S/C15H21FN2O3S/c1-15(2,3)18(7-8-22(4,20)21)14(19)6-5-12-9-13(16)11-17-10-12/h5-6,9-11H,7-8H2,1-4H3. The summed E-state index contributed by atoms with van der Waals surface area (Å²) < 4.78 is 35.6. The number of nitrogens with zero attached hydrogens (tertiary/aromatic N) is 2. The van der Waals surface area contributed by atoms with Crippen molar-refractivity contribution >= 4 is 21.8 Å². The Kier molecular flexibility index (Phi) is 5.82. The van der Waals surface area contributed by atoms with Gasteiger partial charge in [-0.25, -0.2) is 12.8 Å². The molecule has 1 amide bonds. The Balaban J connectivity index is 2.88. The van der Waals surface area contributed by atoms with Gasteiger partial charge in [-0.05, 0) is 38.5 Å². The van der Waals surface area contributed by atoms with Gasteiger partial charge in [0.05, 0.1) is 11.9 Å². The number of carbonyl (C=O) groups is 1. The minimum atomic E-state index is -3.16. The van der Waals surface area contributed by atoms with Crippen molar-refractivity contribution in [3.63, 3.8) is 0 Å². The molecule has 0 aliphatic carbocycles. The predicted molar refractivity (Wildman–Crippen MR) is 84.4 cm³/mol. The summed E-state index contributed by atoms with van der Waals surface area (Å²) in [6.45, 7) is 5.58. The van der Waals surface area contributed by atoms with E-state index in [9.17, 15) is 17.6 Å². The van der Waals surface area contributed by atoms with Gasteiger partial charge in [-0.15, -0.1) is 0 Å². The van der Waals surface area contributed by atoms with Crippen LogP contribution in [0.15, 0.2) is 24.5 Å². The van der Waals surface area contributed by atoms with Gasteiger partial charge >= 0.3 is 0 Å². The number of amides is 1. The average molecular weight is 328 g/mol. The Morgan fingerprint density at radius 1 is 1.36 bits per heavy atom. The summed E-state index contributed by atoms with van der Waals surface area (Å²) in [5, 5.41) is 0. The third kappa shape index (κ3) is 6.34. The van der Waals surface area contributed by atoms with E-state index in [0.29, 0.717) is 5.56 Å². The van der Waals surface area contributed by atoms with Gasteiger partial charge in [-0.2, -0.15) is 0 Å². The molecule has 0 radical (unpaired) electrons. The van der Waals surface area contributed by atoms with Crippen molar-refractivity contribution in [3.05, 3.63) is 35.9 Å². The smallest absolute Gasteiger partial charge is 0.247 e. The fraction of sp³-hybridized carbons (Fsp3) is 0.467. The van der Waals surface area contributed by atoms with E-state index >= 15 is 0 Å². The van der Waals surface area contributed by atoms with Gasteiger partial charge < -0.3 is 4.90 Å². The van der Waals surface area contributed by atoms with Crippen molar-refractivity contribution in [2.24, 2.45) is 0 Å². The van der Waals surface area contributed by atoms with Gasteiger partial charge in [0.2, 0.25) is 5.91 Å². The maximum absolute atomic E-state index is 13.0. The summed E-state index contributed by atoms with van der Waals surface area (Å²) >= 11 is 0. The molecule has 1 aromatic rings. The number of carbonyl (C=O) groups excluding carboxylic acids is 1. The van der Waals surface area contributed by atoms with Crippen LogP contribution in [-0.4, -0.2) is 48.3 Å². The Hall–Kier alpha value is -1.76. The highest BCUT2D eigenvalue weighted by Gasteiger charge is 2.25. The minimum absolute atomic E-state index is 0.104. The first-order valence-corrected chi connectivity index (χ1v) is 8.83. The third-order valence-electron chi connectivity index (χ3n) is 2.91.